The van der Waals surface area contributed by atoms with Crippen molar-refractivity contribution in [1.29, 1.82) is 0 Å². The van der Waals surface area contributed by atoms with Crippen LogP contribution < -0.4 is 4.72 Å². The molecule has 13 heavy (non-hydrogen) atoms. The second kappa shape index (κ2) is 4.26. The van der Waals surface area contributed by atoms with Crippen LogP contribution in [0.25, 0.3) is 0 Å². The molecule has 1 aromatic carbocycles. The second-order valence-electron chi connectivity index (χ2n) is 2.67. The van der Waals surface area contributed by atoms with Gasteiger partial charge in [-0.05, 0) is 0 Å². The third-order valence-corrected chi connectivity index (χ3v) is 3.74. The molecule has 0 saturated heterocycles. The van der Waals surface area contributed by atoms with Gasteiger partial charge in [0.05, 0.1) is 0 Å². The van der Waals surface area contributed by atoms with Crippen molar-refractivity contribution in [1.82, 2.24) is 9.97 Å². The molecular weight excluding hydrogens is 227 g/mol. The molecule has 2 nitrogen and oxygen atoms in total. The molecule has 66 valence electrons. The van der Waals surface area contributed by atoms with Crippen LogP contribution >= 0.6 is 0 Å². The van der Waals surface area contributed by atoms with Gasteiger partial charge >= 0.3 is 83.3 Å². The minimum absolute atomic E-state index is 0.435. The standard InChI is InChI=1S/C10H10N2Se/c1-2-4-9(5-3-1)8-13-10-11-6-7-12-10/h1-7H,8H2,(H,11,12). The summed E-state index contributed by atoms with van der Waals surface area (Å²) in [7, 11) is 0. The van der Waals surface area contributed by atoms with Gasteiger partial charge < -0.3 is 0 Å². The molecule has 2 aromatic rings. The van der Waals surface area contributed by atoms with Gasteiger partial charge in [0.25, 0.3) is 0 Å². The molecule has 0 spiro atoms. The van der Waals surface area contributed by atoms with E-state index in [4.69, 9.17) is 0 Å². The number of imidazole rings is 1. The Kier molecular flexibility index (Phi) is 2.80. The van der Waals surface area contributed by atoms with Crippen molar-refractivity contribution >= 4 is 19.7 Å². The molecule has 0 bridgehead atoms. The van der Waals surface area contributed by atoms with Gasteiger partial charge in [0.2, 0.25) is 0 Å². The summed E-state index contributed by atoms with van der Waals surface area (Å²) in [5.74, 6) is 0. The van der Waals surface area contributed by atoms with E-state index in [-0.39, 0.29) is 0 Å². The number of nitrogens with zero attached hydrogens (tertiary/aromatic N) is 1. The Morgan fingerprint density at radius 2 is 2.08 bits per heavy atom. The van der Waals surface area contributed by atoms with E-state index in [0.29, 0.717) is 15.0 Å². The molecule has 3 heteroatoms. The molecular formula is C10H10N2Se. The first kappa shape index (κ1) is 8.54. The van der Waals surface area contributed by atoms with Crippen molar-refractivity contribution in [3.8, 4) is 0 Å². The molecule has 1 heterocycles. The van der Waals surface area contributed by atoms with E-state index in [1.54, 1.807) is 0 Å². The van der Waals surface area contributed by atoms with E-state index in [1.165, 1.54) is 5.56 Å². The van der Waals surface area contributed by atoms with Gasteiger partial charge in [-0.25, -0.2) is 0 Å². The van der Waals surface area contributed by atoms with E-state index in [9.17, 15) is 0 Å². The van der Waals surface area contributed by atoms with E-state index >= 15 is 0 Å². The molecule has 0 amide bonds. The summed E-state index contributed by atoms with van der Waals surface area (Å²) in [5.41, 5.74) is 1.39. The zero-order valence-corrected chi connectivity index (χ0v) is 8.82. The Balaban J connectivity index is 1.94. The Bertz CT molecular complexity index is 342. The van der Waals surface area contributed by atoms with Crippen LogP contribution in [0.2, 0.25) is 0 Å². The van der Waals surface area contributed by atoms with Crippen LogP contribution in [0.5, 0.6) is 0 Å². The van der Waals surface area contributed by atoms with Crippen LogP contribution in [-0.4, -0.2) is 24.9 Å². The van der Waals surface area contributed by atoms with Gasteiger partial charge in [-0.2, -0.15) is 0 Å². The van der Waals surface area contributed by atoms with Crippen molar-refractivity contribution in [3.05, 3.63) is 48.3 Å². The average Bonchev–Trinajstić information content (AvgIpc) is 2.69. The van der Waals surface area contributed by atoms with Crippen LogP contribution in [0.3, 0.4) is 0 Å². The first-order valence-electron chi connectivity index (χ1n) is 4.11. The predicted molar refractivity (Wildman–Crippen MR) is 54.1 cm³/mol. The molecule has 0 unspecified atom stereocenters. The summed E-state index contributed by atoms with van der Waals surface area (Å²) in [4.78, 5) is 7.33. The Labute approximate surface area is 83.6 Å². The van der Waals surface area contributed by atoms with Gasteiger partial charge in [-0.15, -0.1) is 0 Å². The number of hydrogen-bond acceptors (Lipinski definition) is 1. The van der Waals surface area contributed by atoms with E-state index in [1.807, 2.05) is 18.5 Å². The van der Waals surface area contributed by atoms with Gasteiger partial charge in [0.15, 0.2) is 0 Å². The number of H-pyrrole nitrogens is 1. The number of aromatic nitrogens is 2. The van der Waals surface area contributed by atoms with E-state index in [2.05, 4.69) is 34.2 Å². The second-order valence-corrected chi connectivity index (χ2v) is 4.69. The van der Waals surface area contributed by atoms with Gasteiger partial charge in [-0.3, -0.25) is 0 Å². The third kappa shape index (κ3) is 2.44. The molecule has 0 radical (unpaired) electrons. The summed E-state index contributed by atoms with van der Waals surface area (Å²) < 4.78 is 1.12. The van der Waals surface area contributed by atoms with Crippen molar-refractivity contribution in [2.75, 3.05) is 0 Å². The zero-order valence-electron chi connectivity index (χ0n) is 7.10. The summed E-state index contributed by atoms with van der Waals surface area (Å²) in [6.07, 6.45) is 3.68. The van der Waals surface area contributed by atoms with E-state index < -0.39 is 0 Å². The van der Waals surface area contributed by atoms with Crippen LogP contribution in [0, 0.1) is 0 Å². The number of aromatic amines is 1. The van der Waals surface area contributed by atoms with Crippen LogP contribution in [0.1, 0.15) is 5.56 Å². The van der Waals surface area contributed by atoms with Crippen molar-refractivity contribution in [2.45, 2.75) is 5.32 Å². The fourth-order valence-corrected chi connectivity index (χ4v) is 2.70. The van der Waals surface area contributed by atoms with E-state index in [0.717, 1.165) is 10.0 Å². The first-order chi connectivity index (χ1) is 6.45. The van der Waals surface area contributed by atoms with Gasteiger partial charge in [0.1, 0.15) is 0 Å². The molecule has 0 fully saturated rings. The Morgan fingerprint density at radius 1 is 1.23 bits per heavy atom. The molecule has 1 N–H and O–H groups in total. The normalized spacial score (nSPS) is 10.2. The van der Waals surface area contributed by atoms with Crippen LogP contribution in [0.4, 0.5) is 0 Å². The van der Waals surface area contributed by atoms with Crippen molar-refractivity contribution in [3.63, 3.8) is 0 Å². The summed E-state index contributed by atoms with van der Waals surface area (Å²) in [5, 5.41) is 1.11. The van der Waals surface area contributed by atoms with Gasteiger partial charge in [-0.1, -0.05) is 0 Å². The number of nitrogens with one attached hydrogen (secondary N) is 1. The van der Waals surface area contributed by atoms with Crippen LogP contribution in [-0.2, 0) is 5.32 Å². The topological polar surface area (TPSA) is 28.7 Å². The van der Waals surface area contributed by atoms with Crippen molar-refractivity contribution in [2.24, 2.45) is 0 Å². The summed E-state index contributed by atoms with van der Waals surface area (Å²) in [6, 6.07) is 10.5. The maximum atomic E-state index is 4.20. The van der Waals surface area contributed by atoms with Crippen molar-refractivity contribution < 1.29 is 0 Å². The monoisotopic (exact) mass is 238 g/mol. The first-order valence-corrected chi connectivity index (χ1v) is 6.18. The Hall–Kier alpha value is -1.05. The predicted octanol–water partition coefficient (Wildman–Crippen LogP) is 0.939. The molecule has 0 saturated carbocycles. The maximum absolute atomic E-state index is 4.20. The molecule has 0 aliphatic rings. The molecule has 2 rings (SSSR count). The fraction of sp³-hybridized carbons (Fsp3) is 0.100. The number of hydrogen-bond donors (Lipinski definition) is 1. The molecule has 0 atom stereocenters. The molecule has 0 aliphatic heterocycles. The number of benzene rings is 1. The Morgan fingerprint density at radius 3 is 2.77 bits per heavy atom. The minimum atomic E-state index is 0.435. The molecule has 0 aliphatic carbocycles. The zero-order chi connectivity index (χ0) is 8.93. The summed E-state index contributed by atoms with van der Waals surface area (Å²) >= 11 is 0.435. The fourth-order valence-electron chi connectivity index (χ4n) is 1.06. The number of rotatable bonds is 3. The third-order valence-electron chi connectivity index (χ3n) is 1.69. The van der Waals surface area contributed by atoms with Gasteiger partial charge in [0, 0.05) is 0 Å². The molecule has 1 aromatic heterocycles. The quantitative estimate of drug-likeness (QED) is 0.791. The SMILES string of the molecule is c1ccc(C[Se]c2ncc[nH]2)cc1. The van der Waals surface area contributed by atoms with Crippen LogP contribution in [0.15, 0.2) is 42.7 Å². The average molecular weight is 237 g/mol. The summed E-state index contributed by atoms with van der Waals surface area (Å²) in [6.45, 7) is 0.